The monoisotopic (exact) mass is 391 g/mol. The number of nitrogens with one attached hydrogen (secondary N) is 1. The molecule has 0 heterocycles. The molecular weight excluding hydrogens is 370 g/mol. The van der Waals surface area contributed by atoms with Crippen LogP contribution in [0, 0.1) is 0 Å². The highest BCUT2D eigenvalue weighted by atomic mass is 32.1. The maximum Gasteiger partial charge on any atom is 0.333 e. The van der Waals surface area contributed by atoms with E-state index in [-0.39, 0.29) is 12.6 Å². The predicted molar refractivity (Wildman–Crippen MR) is 113 cm³/mol. The molecule has 0 amide bonds. The van der Waals surface area contributed by atoms with Crippen LogP contribution in [0.15, 0.2) is 84.9 Å². The lowest BCUT2D eigenvalue weighted by Crippen LogP contribution is -2.28. The van der Waals surface area contributed by atoms with E-state index in [0.29, 0.717) is 6.61 Å². The van der Waals surface area contributed by atoms with Crippen molar-refractivity contribution >= 4 is 23.7 Å². The van der Waals surface area contributed by atoms with Crippen molar-refractivity contribution in [1.29, 1.82) is 0 Å². The second-order valence-corrected chi connectivity index (χ2v) is 6.39. The fourth-order valence-corrected chi connectivity index (χ4v) is 2.81. The van der Waals surface area contributed by atoms with E-state index in [9.17, 15) is 4.79 Å². The highest BCUT2D eigenvalue weighted by molar-refractivity contribution is 7.78. The van der Waals surface area contributed by atoms with Crippen molar-refractivity contribution in [2.45, 2.75) is 19.3 Å². The molecule has 0 bridgehead atoms. The zero-order valence-electron chi connectivity index (χ0n) is 15.3. The Morgan fingerprint density at radius 1 is 0.857 bits per heavy atom. The van der Waals surface area contributed by atoms with Gasteiger partial charge in [-0.2, -0.15) is 0 Å². The minimum atomic E-state index is -0.663. The number of esters is 1. The summed E-state index contributed by atoms with van der Waals surface area (Å²) >= 11 is 4.88. The van der Waals surface area contributed by atoms with Crippen LogP contribution >= 0.6 is 12.2 Å². The minimum absolute atomic E-state index is 0.216. The second-order valence-electron chi connectivity index (χ2n) is 6.15. The zero-order valence-corrected chi connectivity index (χ0v) is 16.1. The van der Waals surface area contributed by atoms with Gasteiger partial charge in [-0.1, -0.05) is 85.0 Å². The van der Waals surface area contributed by atoms with E-state index in [1.807, 2.05) is 84.9 Å². The summed E-state index contributed by atoms with van der Waals surface area (Å²) in [4.78, 5) is 12.5. The maximum absolute atomic E-state index is 12.5. The topological polar surface area (TPSA) is 47.6 Å². The van der Waals surface area contributed by atoms with Gasteiger partial charge < -0.3 is 14.8 Å². The van der Waals surface area contributed by atoms with Gasteiger partial charge in [0.2, 0.25) is 0 Å². The SMILES string of the molecule is O=C(OCc1ccccc1)[C@H](NC=S)c1ccc(OCc2ccccc2)cc1. The molecule has 1 atom stereocenters. The van der Waals surface area contributed by atoms with Gasteiger partial charge in [0.15, 0.2) is 6.04 Å². The Hall–Kier alpha value is -3.18. The van der Waals surface area contributed by atoms with Gasteiger partial charge in [0.25, 0.3) is 0 Å². The summed E-state index contributed by atoms with van der Waals surface area (Å²) in [6.45, 7) is 0.703. The molecule has 1 N–H and O–H groups in total. The Labute approximate surface area is 170 Å². The summed E-state index contributed by atoms with van der Waals surface area (Å²) in [5, 5.41) is 2.89. The number of hydrogen-bond acceptors (Lipinski definition) is 4. The molecule has 3 rings (SSSR count). The number of carbonyl (C=O) groups excluding carboxylic acids is 1. The van der Waals surface area contributed by atoms with E-state index in [4.69, 9.17) is 21.7 Å². The molecule has 142 valence electrons. The lowest BCUT2D eigenvalue weighted by molar-refractivity contribution is -0.147. The van der Waals surface area contributed by atoms with Gasteiger partial charge in [0.1, 0.15) is 19.0 Å². The van der Waals surface area contributed by atoms with E-state index in [0.717, 1.165) is 22.4 Å². The van der Waals surface area contributed by atoms with E-state index < -0.39 is 6.04 Å². The molecule has 4 nitrogen and oxygen atoms in total. The van der Waals surface area contributed by atoms with Gasteiger partial charge in [-0.05, 0) is 28.8 Å². The predicted octanol–water partition coefficient (Wildman–Crippen LogP) is 4.60. The molecule has 0 fully saturated rings. The summed E-state index contributed by atoms with van der Waals surface area (Å²) in [6, 6.07) is 26.2. The number of thiocarbonyl (C=S) groups is 1. The van der Waals surface area contributed by atoms with Gasteiger partial charge in [-0.25, -0.2) is 4.79 Å². The molecule has 3 aromatic carbocycles. The van der Waals surface area contributed by atoms with Crippen molar-refractivity contribution in [3.63, 3.8) is 0 Å². The number of ether oxygens (including phenoxy) is 2. The molecule has 0 aromatic heterocycles. The van der Waals surface area contributed by atoms with Gasteiger partial charge >= 0.3 is 5.97 Å². The van der Waals surface area contributed by atoms with Crippen LogP contribution < -0.4 is 10.1 Å². The van der Waals surface area contributed by atoms with Crippen molar-refractivity contribution in [2.24, 2.45) is 0 Å². The maximum atomic E-state index is 12.5. The molecule has 0 saturated carbocycles. The molecule has 5 heteroatoms. The first-order valence-corrected chi connectivity index (χ1v) is 9.40. The summed E-state index contributed by atoms with van der Waals surface area (Å²) in [6.07, 6.45) is 0. The Bertz CT molecular complexity index is 883. The minimum Gasteiger partial charge on any atom is -0.489 e. The first-order valence-electron chi connectivity index (χ1n) is 8.93. The number of hydrogen-bond donors (Lipinski definition) is 1. The van der Waals surface area contributed by atoms with Crippen LogP contribution in [-0.4, -0.2) is 11.5 Å². The fourth-order valence-electron chi connectivity index (χ4n) is 2.68. The second kappa shape index (κ2) is 10.2. The lowest BCUT2D eigenvalue weighted by atomic mass is 10.1. The summed E-state index contributed by atoms with van der Waals surface area (Å²) in [5.41, 5.74) is 4.11. The third kappa shape index (κ3) is 5.66. The highest BCUT2D eigenvalue weighted by Gasteiger charge is 2.21. The zero-order chi connectivity index (χ0) is 19.6. The van der Waals surface area contributed by atoms with Crippen LogP contribution in [0.2, 0.25) is 0 Å². The smallest absolute Gasteiger partial charge is 0.333 e. The summed E-state index contributed by atoms with van der Waals surface area (Å²) in [5.74, 6) is 0.342. The Kier molecular flexibility index (Phi) is 7.15. The molecule has 0 saturated heterocycles. The van der Waals surface area contributed by atoms with Crippen LogP contribution in [0.4, 0.5) is 0 Å². The van der Waals surface area contributed by atoms with Gasteiger partial charge in [0, 0.05) is 0 Å². The average molecular weight is 391 g/mol. The molecule has 0 aliphatic carbocycles. The van der Waals surface area contributed by atoms with Crippen LogP contribution in [0.5, 0.6) is 5.75 Å². The van der Waals surface area contributed by atoms with E-state index >= 15 is 0 Å². The number of carbonyl (C=O) groups is 1. The highest BCUT2D eigenvalue weighted by Crippen LogP contribution is 2.20. The summed E-state index contributed by atoms with van der Waals surface area (Å²) in [7, 11) is 0. The van der Waals surface area contributed by atoms with Crippen molar-refractivity contribution < 1.29 is 14.3 Å². The van der Waals surface area contributed by atoms with Crippen LogP contribution in [-0.2, 0) is 22.7 Å². The summed E-state index contributed by atoms with van der Waals surface area (Å²) < 4.78 is 11.2. The average Bonchev–Trinajstić information content (AvgIpc) is 2.76. The third-order valence-corrected chi connectivity index (χ3v) is 4.29. The largest absolute Gasteiger partial charge is 0.489 e. The molecule has 0 aliphatic rings. The van der Waals surface area contributed by atoms with Crippen molar-refractivity contribution in [1.82, 2.24) is 5.32 Å². The molecule has 0 aliphatic heterocycles. The number of benzene rings is 3. The normalized spacial score (nSPS) is 11.3. The van der Waals surface area contributed by atoms with E-state index in [2.05, 4.69) is 5.32 Å². The first kappa shape index (κ1) is 19.6. The fraction of sp³-hybridized carbons (Fsp3) is 0.130. The molecule has 28 heavy (non-hydrogen) atoms. The lowest BCUT2D eigenvalue weighted by Gasteiger charge is -2.17. The van der Waals surface area contributed by atoms with Crippen molar-refractivity contribution in [2.75, 3.05) is 0 Å². The van der Waals surface area contributed by atoms with Gasteiger partial charge in [-0.15, -0.1) is 0 Å². The molecule has 0 radical (unpaired) electrons. The van der Waals surface area contributed by atoms with E-state index in [1.165, 1.54) is 5.49 Å². The molecular formula is C23H21NO3S. The Morgan fingerprint density at radius 3 is 2.00 bits per heavy atom. The first-order chi connectivity index (χ1) is 13.8. The molecule has 3 aromatic rings. The Morgan fingerprint density at radius 2 is 1.43 bits per heavy atom. The van der Waals surface area contributed by atoms with Crippen molar-refractivity contribution in [3.8, 4) is 5.75 Å². The van der Waals surface area contributed by atoms with Gasteiger partial charge in [-0.3, -0.25) is 0 Å². The quantitative estimate of drug-likeness (QED) is 0.427. The van der Waals surface area contributed by atoms with Crippen LogP contribution in [0.3, 0.4) is 0 Å². The van der Waals surface area contributed by atoms with Crippen molar-refractivity contribution in [3.05, 3.63) is 102 Å². The Balaban J connectivity index is 1.61. The standard InChI is InChI=1S/C23H21NO3S/c25-23(27-16-19-9-5-2-6-10-19)22(24-17-28)20-11-13-21(14-12-20)26-15-18-7-3-1-4-8-18/h1-14,17,22H,15-16H2,(H,24,28)/t22-/m1/s1. The van der Waals surface area contributed by atoms with E-state index in [1.54, 1.807) is 0 Å². The molecule has 0 spiro atoms. The van der Waals surface area contributed by atoms with Crippen LogP contribution in [0.25, 0.3) is 0 Å². The molecule has 0 unspecified atom stereocenters. The van der Waals surface area contributed by atoms with Crippen LogP contribution in [0.1, 0.15) is 22.7 Å². The van der Waals surface area contributed by atoms with Gasteiger partial charge in [0.05, 0.1) is 5.49 Å². The number of rotatable bonds is 9. The third-order valence-electron chi connectivity index (χ3n) is 4.16.